The van der Waals surface area contributed by atoms with Gasteiger partial charge in [0.05, 0.1) is 0 Å². The van der Waals surface area contributed by atoms with E-state index in [1.54, 1.807) is 0 Å². The third-order valence-electron chi connectivity index (χ3n) is 4.18. The van der Waals surface area contributed by atoms with Crippen molar-refractivity contribution in [3.63, 3.8) is 0 Å². The predicted octanol–water partition coefficient (Wildman–Crippen LogP) is 4.38. The van der Waals surface area contributed by atoms with Crippen LogP contribution < -0.4 is 0 Å². The van der Waals surface area contributed by atoms with E-state index in [-0.39, 0.29) is 18.4 Å². The van der Waals surface area contributed by atoms with Crippen LogP contribution in [0.25, 0.3) is 0 Å². The van der Waals surface area contributed by atoms with Gasteiger partial charge in [0.2, 0.25) is 5.91 Å². The van der Waals surface area contributed by atoms with Gasteiger partial charge < -0.3 is 4.74 Å². The topological polar surface area (TPSA) is 46.6 Å². The Morgan fingerprint density at radius 1 is 1.12 bits per heavy atom. The van der Waals surface area contributed by atoms with Crippen LogP contribution in [0.15, 0.2) is 54.6 Å². The lowest BCUT2D eigenvalue weighted by molar-refractivity contribution is -0.132. The van der Waals surface area contributed by atoms with Crippen molar-refractivity contribution < 1.29 is 14.3 Å². The fraction of sp³-hybridized carbons (Fsp3) is 0.263. The van der Waals surface area contributed by atoms with E-state index < -0.39 is 6.09 Å². The molecule has 1 heterocycles. The molecular formula is C19H18ClNO3. The Bertz CT molecular complexity index is 715. The number of imide groups is 1. The lowest BCUT2D eigenvalue weighted by Crippen LogP contribution is -2.43. The Labute approximate surface area is 146 Å². The maximum absolute atomic E-state index is 12.3. The number of nitrogens with zero attached hydrogens (tertiary/aromatic N) is 1. The molecule has 2 aromatic rings. The highest BCUT2D eigenvalue weighted by Gasteiger charge is 2.31. The molecule has 4 nitrogen and oxygen atoms in total. The lowest BCUT2D eigenvalue weighted by atomic mass is 9.90. The van der Waals surface area contributed by atoms with Crippen LogP contribution in [0.2, 0.25) is 5.02 Å². The summed E-state index contributed by atoms with van der Waals surface area (Å²) in [5, 5.41) is 0.671. The number of rotatable bonds is 3. The normalized spacial score (nSPS) is 17.6. The van der Waals surface area contributed by atoms with Gasteiger partial charge in [-0.25, -0.2) is 9.69 Å². The Kier molecular flexibility index (Phi) is 5.16. The number of piperidine rings is 1. The molecule has 1 saturated heterocycles. The summed E-state index contributed by atoms with van der Waals surface area (Å²) in [5.41, 5.74) is 1.97. The van der Waals surface area contributed by atoms with Gasteiger partial charge in [-0.05, 0) is 29.7 Å². The van der Waals surface area contributed by atoms with E-state index in [9.17, 15) is 9.59 Å². The summed E-state index contributed by atoms with van der Waals surface area (Å²) in [6.45, 7) is 0.503. The molecular weight excluding hydrogens is 326 g/mol. The van der Waals surface area contributed by atoms with Gasteiger partial charge in [-0.2, -0.15) is 0 Å². The number of ether oxygens (including phenoxy) is 1. The van der Waals surface area contributed by atoms with Crippen LogP contribution in [-0.4, -0.2) is 23.4 Å². The number of likely N-dealkylation sites (tertiary alicyclic amines) is 1. The van der Waals surface area contributed by atoms with Crippen molar-refractivity contribution in [1.82, 2.24) is 4.90 Å². The SMILES string of the molecule is O=C1CCC(c2ccc(Cl)cc2)CN1C(=O)OCc1ccccc1. The van der Waals surface area contributed by atoms with Crippen molar-refractivity contribution in [1.29, 1.82) is 0 Å². The van der Waals surface area contributed by atoms with Crippen molar-refractivity contribution in [2.24, 2.45) is 0 Å². The number of carbonyl (C=O) groups is 2. The average molecular weight is 344 g/mol. The molecule has 1 aliphatic heterocycles. The van der Waals surface area contributed by atoms with E-state index in [1.807, 2.05) is 54.6 Å². The van der Waals surface area contributed by atoms with Gasteiger partial charge in [-0.1, -0.05) is 54.1 Å². The van der Waals surface area contributed by atoms with Crippen LogP contribution in [-0.2, 0) is 16.1 Å². The second-order valence-electron chi connectivity index (χ2n) is 5.83. The molecule has 2 aromatic carbocycles. The van der Waals surface area contributed by atoms with Crippen molar-refractivity contribution >= 4 is 23.6 Å². The number of amides is 2. The largest absolute Gasteiger partial charge is 0.444 e. The van der Waals surface area contributed by atoms with Gasteiger partial charge in [-0.15, -0.1) is 0 Å². The van der Waals surface area contributed by atoms with E-state index in [1.165, 1.54) is 4.90 Å². The van der Waals surface area contributed by atoms with Gasteiger partial charge in [0, 0.05) is 23.9 Å². The smallest absolute Gasteiger partial charge is 0.416 e. The molecule has 2 amide bonds. The van der Waals surface area contributed by atoms with Crippen molar-refractivity contribution in [3.8, 4) is 0 Å². The second-order valence-corrected chi connectivity index (χ2v) is 6.27. The van der Waals surface area contributed by atoms with Crippen LogP contribution in [0.1, 0.15) is 29.9 Å². The van der Waals surface area contributed by atoms with E-state index in [0.717, 1.165) is 17.5 Å². The first-order valence-corrected chi connectivity index (χ1v) is 8.28. The van der Waals surface area contributed by atoms with E-state index >= 15 is 0 Å². The molecule has 5 heteroatoms. The molecule has 24 heavy (non-hydrogen) atoms. The standard InChI is InChI=1S/C19H18ClNO3/c20-17-9-6-15(7-10-17)16-8-11-18(22)21(12-16)19(23)24-13-14-4-2-1-3-5-14/h1-7,9-10,16H,8,11-13H2. The Hall–Kier alpha value is -2.33. The lowest BCUT2D eigenvalue weighted by Gasteiger charge is -2.30. The van der Waals surface area contributed by atoms with Crippen LogP contribution in [0.5, 0.6) is 0 Å². The van der Waals surface area contributed by atoms with Crippen molar-refractivity contribution in [2.45, 2.75) is 25.4 Å². The maximum Gasteiger partial charge on any atom is 0.416 e. The zero-order chi connectivity index (χ0) is 16.9. The Balaban J connectivity index is 1.63. The van der Waals surface area contributed by atoms with Gasteiger partial charge in [0.15, 0.2) is 0 Å². The Morgan fingerprint density at radius 3 is 2.54 bits per heavy atom. The summed E-state index contributed by atoms with van der Waals surface area (Å²) in [7, 11) is 0. The maximum atomic E-state index is 12.3. The van der Waals surface area contributed by atoms with E-state index in [2.05, 4.69) is 0 Å². The Morgan fingerprint density at radius 2 is 1.83 bits per heavy atom. The minimum atomic E-state index is -0.581. The third-order valence-corrected chi connectivity index (χ3v) is 4.43. The number of benzene rings is 2. The number of hydrogen-bond donors (Lipinski definition) is 0. The minimum absolute atomic E-state index is 0.115. The van der Waals surface area contributed by atoms with Crippen LogP contribution in [0, 0.1) is 0 Å². The van der Waals surface area contributed by atoms with E-state index in [0.29, 0.717) is 18.0 Å². The van der Waals surface area contributed by atoms with Gasteiger partial charge >= 0.3 is 6.09 Å². The highest BCUT2D eigenvalue weighted by Crippen LogP contribution is 2.28. The molecule has 124 valence electrons. The highest BCUT2D eigenvalue weighted by atomic mass is 35.5. The molecule has 1 unspecified atom stereocenters. The minimum Gasteiger partial charge on any atom is -0.444 e. The third kappa shape index (κ3) is 3.95. The fourth-order valence-electron chi connectivity index (χ4n) is 2.83. The molecule has 0 spiro atoms. The molecule has 0 N–H and O–H groups in total. The first-order valence-electron chi connectivity index (χ1n) is 7.90. The van der Waals surface area contributed by atoms with Crippen LogP contribution in [0.4, 0.5) is 4.79 Å². The highest BCUT2D eigenvalue weighted by molar-refractivity contribution is 6.30. The quantitative estimate of drug-likeness (QED) is 0.830. The molecule has 0 saturated carbocycles. The second kappa shape index (κ2) is 7.49. The summed E-state index contributed by atoms with van der Waals surface area (Å²) in [4.78, 5) is 25.6. The molecule has 3 rings (SSSR count). The molecule has 1 aliphatic rings. The van der Waals surface area contributed by atoms with Crippen molar-refractivity contribution in [3.05, 3.63) is 70.7 Å². The average Bonchev–Trinajstić information content (AvgIpc) is 2.62. The summed E-state index contributed by atoms with van der Waals surface area (Å²) in [6, 6.07) is 16.9. The van der Waals surface area contributed by atoms with Gasteiger partial charge in [0.1, 0.15) is 6.61 Å². The first kappa shape index (κ1) is 16.5. The molecule has 0 aliphatic carbocycles. The van der Waals surface area contributed by atoms with E-state index in [4.69, 9.17) is 16.3 Å². The molecule has 1 atom stereocenters. The summed E-state index contributed by atoms with van der Waals surface area (Å²) in [5.74, 6) is -0.0671. The predicted molar refractivity (Wildman–Crippen MR) is 91.8 cm³/mol. The van der Waals surface area contributed by atoms with Gasteiger partial charge in [0.25, 0.3) is 0 Å². The van der Waals surface area contributed by atoms with Crippen LogP contribution in [0.3, 0.4) is 0 Å². The molecule has 1 fully saturated rings. The number of carbonyl (C=O) groups excluding carboxylic acids is 2. The zero-order valence-electron chi connectivity index (χ0n) is 13.2. The van der Waals surface area contributed by atoms with Gasteiger partial charge in [-0.3, -0.25) is 4.79 Å². The zero-order valence-corrected chi connectivity index (χ0v) is 13.9. The fourth-order valence-corrected chi connectivity index (χ4v) is 2.95. The monoisotopic (exact) mass is 343 g/mol. The van der Waals surface area contributed by atoms with Crippen molar-refractivity contribution in [2.75, 3.05) is 6.54 Å². The van der Waals surface area contributed by atoms with Crippen LogP contribution >= 0.6 is 11.6 Å². The molecule has 0 radical (unpaired) electrons. The summed E-state index contributed by atoms with van der Waals surface area (Å²) in [6.07, 6.45) is 0.485. The first-order chi connectivity index (χ1) is 11.6. The molecule has 0 bridgehead atoms. The number of halogens is 1. The molecule has 0 aromatic heterocycles. The summed E-state index contributed by atoms with van der Waals surface area (Å²) >= 11 is 5.91. The summed E-state index contributed by atoms with van der Waals surface area (Å²) < 4.78 is 5.29. The number of hydrogen-bond acceptors (Lipinski definition) is 3.